The van der Waals surface area contributed by atoms with E-state index in [4.69, 9.17) is 9.16 Å². The molecule has 194 valence electrons. The molecule has 0 fully saturated rings. The van der Waals surface area contributed by atoms with Crippen molar-refractivity contribution in [2.75, 3.05) is 20.2 Å². The van der Waals surface area contributed by atoms with E-state index in [1.807, 2.05) is 57.8 Å². The summed E-state index contributed by atoms with van der Waals surface area (Å²) >= 11 is 0. The van der Waals surface area contributed by atoms with Crippen LogP contribution in [-0.2, 0) is 18.8 Å². The molecule has 7 nitrogen and oxygen atoms in total. The van der Waals surface area contributed by atoms with Gasteiger partial charge < -0.3 is 19.4 Å². The van der Waals surface area contributed by atoms with Crippen molar-refractivity contribution in [2.45, 2.75) is 58.3 Å². The topological polar surface area (TPSA) is 84.9 Å². The lowest BCUT2D eigenvalue weighted by molar-refractivity contribution is -0.137. The zero-order valence-electron chi connectivity index (χ0n) is 22.2. The Labute approximate surface area is 215 Å². The molecule has 2 aromatic rings. The number of hydrogen-bond acceptors (Lipinski definition) is 5. The first-order valence-electron chi connectivity index (χ1n) is 12.6. The van der Waals surface area contributed by atoms with Gasteiger partial charge in [-0.25, -0.2) is 4.79 Å². The summed E-state index contributed by atoms with van der Waals surface area (Å²) in [7, 11) is -0.238. The zero-order valence-corrected chi connectivity index (χ0v) is 23.2. The number of nitrogens with zero attached hydrogens (tertiary/aromatic N) is 1. The van der Waals surface area contributed by atoms with Crippen LogP contribution in [0, 0.1) is 5.92 Å². The summed E-state index contributed by atoms with van der Waals surface area (Å²) in [6.45, 7) is 10.2. The second kappa shape index (κ2) is 11.7. The van der Waals surface area contributed by atoms with E-state index < -0.39 is 20.5 Å². The van der Waals surface area contributed by atoms with Crippen molar-refractivity contribution in [3.63, 3.8) is 0 Å². The second-order valence-corrected chi connectivity index (χ2v) is 15.1. The van der Waals surface area contributed by atoms with E-state index in [0.29, 0.717) is 13.0 Å². The lowest BCUT2D eigenvalue weighted by atomic mass is 9.98. The van der Waals surface area contributed by atoms with Crippen molar-refractivity contribution in [1.29, 1.82) is 0 Å². The minimum absolute atomic E-state index is 0.0464. The third kappa shape index (κ3) is 6.97. The molecule has 2 amide bonds. The Bertz CT molecular complexity index is 1050. The van der Waals surface area contributed by atoms with Crippen LogP contribution in [-0.4, -0.2) is 57.4 Å². The summed E-state index contributed by atoms with van der Waals surface area (Å²) in [6.07, 6.45) is 0.144. The Kier molecular flexibility index (Phi) is 8.95. The van der Waals surface area contributed by atoms with Crippen molar-refractivity contribution in [1.82, 2.24) is 10.2 Å². The van der Waals surface area contributed by atoms with Gasteiger partial charge in [-0.3, -0.25) is 9.59 Å². The molecule has 0 heterocycles. The molecule has 8 heteroatoms. The summed E-state index contributed by atoms with van der Waals surface area (Å²) in [5.41, 5.74) is 4.59. The molecule has 1 N–H and O–H groups in total. The summed E-state index contributed by atoms with van der Waals surface area (Å²) in [5.74, 6) is -0.614. The maximum Gasteiger partial charge on any atom is 0.407 e. The Morgan fingerprint density at radius 3 is 2.06 bits per heavy atom. The van der Waals surface area contributed by atoms with Crippen LogP contribution in [0.1, 0.15) is 43.7 Å². The normalized spacial score (nSPS) is 13.5. The number of benzene rings is 2. The molecule has 0 unspecified atom stereocenters. The fourth-order valence-electron chi connectivity index (χ4n) is 4.48. The number of rotatable bonds is 10. The maximum absolute atomic E-state index is 13.1. The highest BCUT2D eigenvalue weighted by Gasteiger charge is 2.31. The molecular formula is C28H38N2O5Si. The van der Waals surface area contributed by atoms with Gasteiger partial charge in [0, 0.05) is 25.9 Å². The SMILES string of the molecule is CC(C)[C@H](NC(=O)OCC1c2ccccc2-c2ccccc21)C(=O)N(C)CCCC(=O)O[Si](C)(C)C. The minimum atomic E-state index is -1.92. The molecule has 1 atom stereocenters. The average Bonchev–Trinajstić information content (AvgIpc) is 3.13. The number of ether oxygens (including phenoxy) is 1. The van der Waals surface area contributed by atoms with Crippen LogP contribution in [0.4, 0.5) is 4.79 Å². The summed E-state index contributed by atoms with van der Waals surface area (Å²) < 4.78 is 11.1. The molecule has 3 rings (SSSR count). The molecule has 0 saturated heterocycles. The summed E-state index contributed by atoms with van der Waals surface area (Å²) in [5, 5.41) is 2.76. The average molecular weight is 511 g/mol. The Morgan fingerprint density at radius 1 is 0.972 bits per heavy atom. The molecule has 1 aliphatic rings. The molecule has 1 aliphatic carbocycles. The van der Waals surface area contributed by atoms with E-state index in [9.17, 15) is 14.4 Å². The molecule has 0 spiro atoms. The molecule has 0 bridgehead atoms. The highest BCUT2D eigenvalue weighted by Crippen LogP contribution is 2.44. The van der Waals surface area contributed by atoms with Gasteiger partial charge in [0.15, 0.2) is 0 Å². The molecule has 0 saturated carbocycles. The number of amides is 2. The largest absolute Gasteiger partial charge is 0.520 e. The van der Waals surface area contributed by atoms with Crippen LogP contribution in [0.3, 0.4) is 0 Å². The minimum Gasteiger partial charge on any atom is -0.520 e. The third-order valence-corrected chi connectivity index (χ3v) is 7.06. The molecule has 36 heavy (non-hydrogen) atoms. The van der Waals surface area contributed by atoms with Crippen LogP contribution in [0.2, 0.25) is 19.6 Å². The van der Waals surface area contributed by atoms with Crippen molar-refractivity contribution in [3.8, 4) is 11.1 Å². The predicted molar refractivity (Wildman–Crippen MR) is 143 cm³/mol. The van der Waals surface area contributed by atoms with Gasteiger partial charge >= 0.3 is 6.09 Å². The lowest BCUT2D eigenvalue weighted by Gasteiger charge is -2.27. The standard InChI is InChI=1S/C28H38N2O5Si/c1-19(2)26(27(32)30(3)17-11-16-25(31)35-36(4,5)6)29-28(33)34-18-24-22-14-9-7-12-20(22)21-13-8-10-15-23(21)24/h7-10,12-15,19,24,26H,11,16-18H2,1-6H3,(H,29,33)/t26-/m0/s1. The van der Waals surface area contributed by atoms with Crippen molar-refractivity contribution >= 4 is 26.3 Å². The van der Waals surface area contributed by atoms with Crippen LogP contribution < -0.4 is 5.32 Å². The van der Waals surface area contributed by atoms with Gasteiger partial charge in [0.2, 0.25) is 14.2 Å². The van der Waals surface area contributed by atoms with Crippen molar-refractivity contribution < 1.29 is 23.5 Å². The Balaban J connectivity index is 1.55. The van der Waals surface area contributed by atoms with E-state index in [0.717, 1.165) is 22.3 Å². The smallest absolute Gasteiger partial charge is 0.407 e. The zero-order chi connectivity index (χ0) is 26.5. The highest BCUT2D eigenvalue weighted by atomic mass is 28.4. The van der Waals surface area contributed by atoms with E-state index in [1.165, 1.54) is 0 Å². The van der Waals surface area contributed by atoms with Crippen molar-refractivity contribution in [3.05, 3.63) is 59.7 Å². The first-order chi connectivity index (χ1) is 17.0. The number of fused-ring (bicyclic) bond motifs is 3. The van der Waals surface area contributed by atoms with Crippen molar-refractivity contribution in [2.24, 2.45) is 5.92 Å². The number of carbonyl (C=O) groups excluding carboxylic acids is 3. The third-order valence-electron chi connectivity index (χ3n) is 6.22. The molecular weight excluding hydrogens is 472 g/mol. The Morgan fingerprint density at radius 2 is 1.53 bits per heavy atom. The summed E-state index contributed by atoms with van der Waals surface area (Å²) in [4.78, 5) is 39.3. The van der Waals surface area contributed by atoms with Crippen LogP contribution in [0.15, 0.2) is 48.5 Å². The first-order valence-corrected chi connectivity index (χ1v) is 16.0. The number of alkyl carbamates (subject to hydrolysis) is 1. The summed E-state index contributed by atoms with van der Waals surface area (Å²) in [6, 6.07) is 15.6. The molecule has 2 aromatic carbocycles. The number of likely N-dealkylation sites (N-methyl/N-ethyl adjacent to an activating group) is 1. The molecule has 0 aliphatic heterocycles. The monoisotopic (exact) mass is 510 g/mol. The molecule has 0 radical (unpaired) electrons. The van der Waals surface area contributed by atoms with Crippen LogP contribution in [0.5, 0.6) is 0 Å². The van der Waals surface area contributed by atoms with E-state index in [-0.39, 0.29) is 36.7 Å². The van der Waals surface area contributed by atoms with Crippen LogP contribution >= 0.6 is 0 Å². The fourth-order valence-corrected chi connectivity index (χ4v) is 5.27. The van der Waals surface area contributed by atoms with Gasteiger partial charge in [-0.15, -0.1) is 0 Å². The number of carbonyl (C=O) groups is 3. The van der Waals surface area contributed by atoms with E-state index >= 15 is 0 Å². The quantitative estimate of drug-likeness (QED) is 0.446. The number of nitrogens with one attached hydrogen (secondary N) is 1. The van der Waals surface area contributed by atoms with Gasteiger partial charge in [0.05, 0.1) is 0 Å². The van der Waals surface area contributed by atoms with Gasteiger partial charge in [0.1, 0.15) is 12.6 Å². The van der Waals surface area contributed by atoms with E-state index in [2.05, 4.69) is 29.6 Å². The van der Waals surface area contributed by atoms with Gasteiger partial charge in [0.25, 0.3) is 5.97 Å². The lowest BCUT2D eigenvalue weighted by Crippen LogP contribution is -2.50. The molecule has 0 aromatic heterocycles. The fraction of sp³-hybridized carbons (Fsp3) is 0.464. The second-order valence-electron chi connectivity index (χ2n) is 10.6. The number of hydrogen-bond donors (Lipinski definition) is 1. The van der Waals surface area contributed by atoms with Gasteiger partial charge in [-0.1, -0.05) is 62.4 Å². The predicted octanol–water partition coefficient (Wildman–Crippen LogP) is 5.17. The van der Waals surface area contributed by atoms with Crippen LogP contribution in [0.25, 0.3) is 11.1 Å². The maximum atomic E-state index is 13.1. The Hall–Kier alpha value is -3.13. The van der Waals surface area contributed by atoms with E-state index in [1.54, 1.807) is 11.9 Å². The highest BCUT2D eigenvalue weighted by molar-refractivity contribution is 6.71. The first kappa shape index (κ1) is 27.5. The van der Waals surface area contributed by atoms with Gasteiger partial charge in [-0.05, 0) is 54.2 Å². The van der Waals surface area contributed by atoms with Gasteiger partial charge in [-0.2, -0.15) is 0 Å².